The zero-order valence-electron chi connectivity index (χ0n) is 46.6. The molecule has 0 amide bonds. The molecule has 1 saturated carbocycles. The molecule has 13 unspecified atom stereocenters. The van der Waals surface area contributed by atoms with Crippen LogP contribution in [-0.2, 0) is 23.1 Å². The number of phenolic OH excluding ortho intramolecular Hbond substituents is 1. The van der Waals surface area contributed by atoms with Gasteiger partial charge in [-0.2, -0.15) is 0 Å². The number of allylic oxidation sites excluding steroid dienone is 2. The van der Waals surface area contributed by atoms with Crippen molar-refractivity contribution in [3.63, 3.8) is 0 Å². The smallest absolute Gasteiger partial charge is 0.303 e. The molecule has 0 aromatic heterocycles. The maximum Gasteiger partial charge on any atom is 0.303 e. The van der Waals surface area contributed by atoms with E-state index < -0.39 is 89.5 Å². The Hall–Kier alpha value is -4.39. The molecule has 5 aliphatic rings. The van der Waals surface area contributed by atoms with E-state index in [4.69, 9.17) is 0 Å². The SMILES string of the molecule is CCCCC(O)C(O)C=CC1=C(CC(O)CO)C2CCC(O)C3NC(C)CCC(C3CC(=O)O)C(O)C3(CCCC3)c3ccc(cc3)CC(C(C)(O)C(CCC(C)C)c3ccc(O)cc3)(CC#Cc3ccccc3CC1)N2. The molecule has 6 bridgehead atoms. The normalized spacial score (nSPS) is 28.6. The summed E-state index contributed by atoms with van der Waals surface area (Å²) in [4.78, 5) is 13.0. The average Bonchev–Trinajstić information content (AvgIpc) is 3.88. The number of fused-ring (bicyclic) bond motifs is 5. The summed E-state index contributed by atoms with van der Waals surface area (Å²) < 4.78 is 0. The Morgan fingerprint density at radius 2 is 1.62 bits per heavy atom. The Balaban J connectivity index is 1.56. The number of phenols is 1. The van der Waals surface area contributed by atoms with Gasteiger partial charge in [-0.05, 0) is 160 Å². The number of aromatic hydroxyl groups is 1. The molecule has 3 aromatic carbocycles. The van der Waals surface area contributed by atoms with Gasteiger partial charge in [-0.1, -0.05) is 131 Å². The van der Waals surface area contributed by atoms with E-state index in [0.29, 0.717) is 44.1 Å². The first-order valence-corrected chi connectivity index (χ1v) is 29.2. The fraction of sp³-hybridized carbons (Fsp3) is 0.615. The zero-order valence-corrected chi connectivity index (χ0v) is 46.6. The topological polar surface area (TPSA) is 223 Å². The predicted octanol–water partition coefficient (Wildman–Crippen LogP) is 8.67. The molecule has 13 atom stereocenters. The van der Waals surface area contributed by atoms with Crippen molar-refractivity contribution in [1.29, 1.82) is 0 Å². The number of nitrogens with one attached hydrogen (secondary N) is 2. The number of carboxylic acids is 1. The van der Waals surface area contributed by atoms with E-state index in [1.54, 1.807) is 18.2 Å². The molecule has 1 saturated heterocycles. The van der Waals surface area contributed by atoms with Crippen LogP contribution in [-0.4, -0.2) is 118 Å². The number of unbranched alkanes of at least 4 members (excludes halogenated alkanes) is 1. The second-order valence-electron chi connectivity index (χ2n) is 24.3. The summed E-state index contributed by atoms with van der Waals surface area (Å²) in [6, 6.07) is 21.9. The summed E-state index contributed by atoms with van der Waals surface area (Å²) in [6.07, 6.45) is 7.27. The summed E-state index contributed by atoms with van der Waals surface area (Å²) in [7, 11) is 0. The number of carbonyl (C=O) groups is 1. The van der Waals surface area contributed by atoms with Crippen molar-refractivity contribution in [3.8, 4) is 17.6 Å². The predicted molar refractivity (Wildman–Crippen MR) is 303 cm³/mol. The lowest BCUT2D eigenvalue weighted by Crippen LogP contribution is -2.67. The second kappa shape index (κ2) is 27.2. The van der Waals surface area contributed by atoms with E-state index in [1.807, 2.05) is 56.3 Å². The molecule has 1 spiro atoms. The van der Waals surface area contributed by atoms with Crippen molar-refractivity contribution in [3.05, 3.63) is 124 Å². The Morgan fingerprint density at radius 1 is 0.909 bits per heavy atom. The lowest BCUT2D eigenvalue weighted by molar-refractivity contribution is -0.140. The number of benzene rings is 3. The maximum atomic E-state index is 14.3. The number of aliphatic carboxylic acids is 1. The molecular formula is C65H92N2O10. The highest BCUT2D eigenvalue weighted by Gasteiger charge is 2.54. The van der Waals surface area contributed by atoms with E-state index in [9.17, 15) is 50.8 Å². The van der Waals surface area contributed by atoms with E-state index in [0.717, 1.165) is 78.3 Å². The Kier molecular flexibility index (Phi) is 21.3. The number of aliphatic hydroxyl groups is 7. The van der Waals surface area contributed by atoms with Gasteiger partial charge >= 0.3 is 5.97 Å². The maximum absolute atomic E-state index is 14.3. The van der Waals surface area contributed by atoms with Gasteiger partial charge in [0, 0.05) is 41.4 Å². The third-order valence-corrected chi connectivity index (χ3v) is 18.5. The highest BCUT2D eigenvalue weighted by atomic mass is 16.4. The molecule has 11 N–H and O–H groups in total. The van der Waals surface area contributed by atoms with Crippen LogP contribution >= 0.6 is 0 Å². The van der Waals surface area contributed by atoms with Crippen LogP contribution in [0.5, 0.6) is 5.75 Å². The van der Waals surface area contributed by atoms with Crippen LogP contribution in [0.2, 0.25) is 0 Å². The largest absolute Gasteiger partial charge is 0.508 e. The Labute approximate surface area is 459 Å². The van der Waals surface area contributed by atoms with Gasteiger partial charge in [0.1, 0.15) is 5.75 Å². The van der Waals surface area contributed by atoms with Crippen LogP contribution in [0.1, 0.15) is 178 Å². The van der Waals surface area contributed by atoms with Crippen LogP contribution in [0.3, 0.4) is 0 Å². The molecule has 77 heavy (non-hydrogen) atoms. The van der Waals surface area contributed by atoms with Crippen molar-refractivity contribution in [2.24, 2.45) is 17.8 Å². The molecule has 4 aliphatic heterocycles. The molecule has 1 aliphatic carbocycles. The fourth-order valence-corrected chi connectivity index (χ4v) is 13.9. The van der Waals surface area contributed by atoms with Crippen LogP contribution in [0.25, 0.3) is 0 Å². The summed E-state index contributed by atoms with van der Waals surface area (Å²) >= 11 is 0. The molecule has 8 rings (SSSR count). The molecule has 4 heterocycles. The van der Waals surface area contributed by atoms with Gasteiger partial charge in [-0.3, -0.25) is 4.79 Å². The molecule has 0 radical (unpaired) electrons. The summed E-state index contributed by atoms with van der Waals surface area (Å²) in [5.74, 6) is 4.94. The number of hydrogen-bond donors (Lipinski definition) is 11. The van der Waals surface area contributed by atoms with E-state index in [1.165, 1.54) is 0 Å². The third kappa shape index (κ3) is 14.5. The lowest BCUT2D eigenvalue weighted by atomic mass is 9.63. The number of rotatable bonds is 17. The number of carboxylic acid groups (broad SMARTS) is 1. The molecule has 2 fully saturated rings. The van der Waals surface area contributed by atoms with Crippen LogP contribution in [0.4, 0.5) is 0 Å². The monoisotopic (exact) mass is 1060 g/mol. The Bertz CT molecular complexity index is 2490. The van der Waals surface area contributed by atoms with Gasteiger partial charge in [-0.15, -0.1) is 0 Å². The molecule has 422 valence electrons. The molecule has 12 heteroatoms. The fourth-order valence-electron chi connectivity index (χ4n) is 13.9. The average molecular weight is 1060 g/mol. The number of hydrogen-bond acceptors (Lipinski definition) is 11. The third-order valence-electron chi connectivity index (χ3n) is 18.5. The minimum Gasteiger partial charge on any atom is -0.508 e. The summed E-state index contributed by atoms with van der Waals surface area (Å²) in [6.45, 7) is 9.73. The minimum atomic E-state index is -1.64. The van der Waals surface area contributed by atoms with Crippen LogP contribution in [0.15, 0.2) is 96.1 Å². The van der Waals surface area contributed by atoms with Gasteiger partial charge in [0.2, 0.25) is 0 Å². The van der Waals surface area contributed by atoms with Crippen molar-refractivity contribution in [2.75, 3.05) is 6.61 Å². The molecular weight excluding hydrogens is 969 g/mol. The first-order chi connectivity index (χ1) is 36.8. The van der Waals surface area contributed by atoms with Crippen LogP contribution in [0, 0.1) is 29.6 Å². The van der Waals surface area contributed by atoms with E-state index in [2.05, 4.69) is 67.5 Å². The number of aryl methyl sites for hydroxylation is 1. The zero-order chi connectivity index (χ0) is 55.5. The van der Waals surface area contributed by atoms with Crippen molar-refractivity contribution in [2.45, 2.75) is 228 Å². The van der Waals surface area contributed by atoms with Gasteiger partial charge in [0.15, 0.2) is 0 Å². The van der Waals surface area contributed by atoms with E-state index >= 15 is 0 Å². The minimum absolute atomic E-state index is 0.0237. The van der Waals surface area contributed by atoms with E-state index in [-0.39, 0.29) is 56.2 Å². The van der Waals surface area contributed by atoms with Crippen molar-refractivity contribution >= 4 is 5.97 Å². The first kappa shape index (κ1) is 60.3. The highest BCUT2D eigenvalue weighted by Crippen LogP contribution is 2.51. The first-order valence-electron chi connectivity index (χ1n) is 29.2. The molecule has 12 nitrogen and oxygen atoms in total. The van der Waals surface area contributed by atoms with Crippen molar-refractivity contribution in [1.82, 2.24) is 10.6 Å². The summed E-state index contributed by atoms with van der Waals surface area (Å²) in [5.41, 5.74) is 2.34. The quantitative estimate of drug-likeness (QED) is 0.0572. The highest BCUT2D eigenvalue weighted by molar-refractivity contribution is 5.67. The summed E-state index contributed by atoms with van der Waals surface area (Å²) in [5, 5.41) is 115. The second-order valence-corrected chi connectivity index (χ2v) is 24.3. The Morgan fingerprint density at radius 3 is 2.30 bits per heavy atom. The van der Waals surface area contributed by atoms with Gasteiger partial charge in [0.25, 0.3) is 0 Å². The van der Waals surface area contributed by atoms with Gasteiger partial charge in [0.05, 0.1) is 54.7 Å². The molecule has 3 aromatic rings. The van der Waals surface area contributed by atoms with Crippen molar-refractivity contribution < 1.29 is 50.8 Å². The van der Waals surface area contributed by atoms with Gasteiger partial charge in [-0.25, -0.2) is 0 Å². The van der Waals surface area contributed by atoms with Crippen LogP contribution < -0.4 is 10.6 Å². The number of aliphatic hydroxyl groups excluding tert-OH is 6. The standard InChI is InChI=1S/C65H92N2O10/c1-6-7-16-57(71)58(72)33-25-47-22-21-46-14-9-8-13-45(46)15-12-37-65(63(5,77)55(31-17-42(2)3)48-23-28-50(69)29-24-48)40-44-19-26-49(27-20-44)64(35-10-11-36-64)62(76)52-30-18-43(4)66-61(54(52)39-60(74)75)59(73)34-32-56(67-65)53(47)38-51(70)41-68/h8-9,13-14,19-20,23-29,33,42-43,51-52,54-59,61-62,66-73,76-77H,6-7,10-11,16-18,21-22,30-32,34-41H2,1-5H3,(H,74,75). The lowest BCUT2D eigenvalue weighted by Gasteiger charge is -2.52. The van der Waals surface area contributed by atoms with Gasteiger partial charge < -0.3 is 56.6 Å².